The number of alkyl halides is 3. The molecule has 4 nitrogen and oxygen atoms in total. The fourth-order valence-electron chi connectivity index (χ4n) is 7.29. The van der Waals surface area contributed by atoms with Crippen molar-refractivity contribution < 1.29 is 19.1 Å². The van der Waals surface area contributed by atoms with Gasteiger partial charge in [-0.3, -0.25) is 0 Å². The Morgan fingerprint density at radius 2 is 1.69 bits per heavy atom. The number of carbonyl (C=O) groups is 2. The van der Waals surface area contributed by atoms with Gasteiger partial charge in [0.1, 0.15) is 0 Å². The van der Waals surface area contributed by atoms with Gasteiger partial charge in [0, 0.05) is 0 Å². The number of ether oxygens (including phenoxy) is 2. The molecule has 0 amide bonds. The Hall–Kier alpha value is -0.850. The number of halogens is 1. The van der Waals surface area contributed by atoms with E-state index in [1.807, 2.05) is 0 Å². The molecule has 0 aromatic heterocycles. The van der Waals surface area contributed by atoms with Crippen molar-refractivity contribution >= 4 is 31.8 Å². The summed E-state index contributed by atoms with van der Waals surface area (Å²) in [4.78, 5) is 23.2. The second-order valence-electron chi connectivity index (χ2n) is 8.73. The third-order valence-corrected chi connectivity index (χ3v) is 14.9. The second kappa shape index (κ2) is 6.35. The van der Waals surface area contributed by atoms with Crippen molar-refractivity contribution in [3.05, 3.63) is 25.3 Å². The average Bonchev–Trinajstić information content (AvgIpc) is 3.40. The molecule has 26 heavy (non-hydrogen) atoms. The number of fused-ring (bicyclic) bond motifs is 11. The van der Waals surface area contributed by atoms with Crippen LogP contribution in [0, 0.1) is 41.4 Å². The second-order valence-corrected chi connectivity index (χ2v) is 14.7. The normalized spacial score (nSPS) is 48.2. The molecule has 0 spiro atoms. The van der Waals surface area contributed by atoms with Gasteiger partial charge in [-0.2, -0.15) is 0 Å². The van der Waals surface area contributed by atoms with Crippen molar-refractivity contribution in [1.82, 2.24) is 0 Å². The molecule has 0 radical (unpaired) electrons. The summed E-state index contributed by atoms with van der Waals surface area (Å²) in [5.41, 5.74) is 0. The molecule has 4 aliphatic carbocycles. The van der Waals surface area contributed by atoms with Gasteiger partial charge in [0.25, 0.3) is 0 Å². The zero-order valence-electron chi connectivity index (χ0n) is 15.0. The minimum absolute atomic E-state index is 0.116. The molecule has 5 aliphatic rings. The maximum atomic E-state index is 11.7. The predicted octanol–water partition coefficient (Wildman–Crippen LogP) is 3.59. The molecule has 9 atom stereocenters. The van der Waals surface area contributed by atoms with Gasteiger partial charge in [-0.25, -0.2) is 0 Å². The van der Waals surface area contributed by atoms with Crippen LogP contribution in [0.5, 0.6) is 0 Å². The number of carbonyl (C=O) groups excluding carboxylic acids is 2. The number of hydrogen-bond donors (Lipinski definition) is 0. The van der Waals surface area contributed by atoms with Crippen LogP contribution in [-0.2, 0) is 19.1 Å². The molecule has 1 aliphatic heterocycles. The standard InChI is InChI=1S/C21H27IO4/c1-3-18(23)25-10-22-9-12-6-16(22)21-14(12)8-13-11-5-15(20(13)21)17(7-11)26-19(24)4-2/h3-4,11-17,20-21H,1-2,5-10H2. The third-order valence-electron chi connectivity index (χ3n) is 7.95. The molecule has 5 rings (SSSR count). The molecule has 4 bridgehead atoms. The molecular formula is C21H27IO4. The molecule has 142 valence electrons. The first-order chi connectivity index (χ1) is 12.6. The fourth-order valence-corrected chi connectivity index (χ4v) is 15.4. The molecule has 0 aromatic rings. The van der Waals surface area contributed by atoms with E-state index in [0.29, 0.717) is 10.5 Å². The first kappa shape index (κ1) is 17.3. The van der Waals surface area contributed by atoms with Gasteiger partial charge in [0.15, 0.2) is 0 Å². The van der Waals surface area contributed by atoms with Gasteiger partial charge in [0.05, 0.1) is 0 Å². The summed E-state index contributed by atoms with van der Waals surface area (Å²) >= 11 is -1.23. The van der Waals surface area contributed by atoms with Crippen LogP contribution in [0.1, 0.15) is 25.7 Å². The third kappa shape index (κ3) is 2.45. The summed E-state index contributed by atoms with van der Waals surface area (Å²) in [7, 11) is 0. The monoisotopic (exact) mass is 470 g/mol. The fraction of sp³-hybridized carbons (Fsp3) is 0.714. The zero-order valence-corrected chi connectivity index (χ0v) is 17.2. The topological polar surface area (TPSA) is 52.6 Å². The van der Waals surface area contributed by atoms with Crippen molar-refractivity contribution in [3.8, 4) is 0 Å². The van der Waals surface area contributed by atoms with E-state index in [1.54, 1.807) is 0 Å². The Bertz CT molecular complexity index is 660. The number of hydrogen-bond acceptors (Lipinski definition) is 4. The summed E-state index contributed by atoms with van der Waals surface area (Å²) in [6.07, 6.45) is 7.82. The van der Waals surface area contributed by atoms with E-state index < -0.39 is 19.8 Å². The Morgan fingerprint density at radius 3 is 2.46 bits per heavy atom. The van der Waals surface area contributed by atoms with Crippen molar-refractivity contribution in [2.75, 3.05) is 9.04 Å². The van der Waals surface area contributed by atoms with Crippen molar-refractivity contribution in [2.45, 2.75) is 35.7 Å². The van der Waals surface area contributed by atoms with Gasteiger partial charge >= 0.3 is 162 Å². The van der Waals surface area contributed by atoms with Crippen LogP contribution in [0.15, 0.2) is 25.3 Å². The summed E-state index contributed by atoms with van der Waals surface area (Å²) in [6.45, 7) is 7.06. The molecule has 0 aromatic carbocycles. The van der Waals surface area contributed by atoms with E-state index in [2.05, 4.69) is 13.2 Å². The summed E-state index contributed by atoms with van der Waals surface area (Å²) in [5, 5.41) is 0. The van der Waals surface area contributed by atoms with E-state index in [0.717, 1.165) is 45.9 Å². The van der Waals surface area contributed by atoms with Crippen LogP contribution in [0.25, 0.3) is 0 Å². The Balaban J connectivity index is 1.32. The van der Waals surface area contributed by atoms with Gasteiger partial charge in [0.2, 0.25) is 0 Å². The summed E-state index contributed by atoms with van der Waals surface area (Å²) in [5.74, 6) is 5.04. The van der Waals surface area contributed by atoms with Crippen molar-refractivity contribution in [2.24, 2.45) is 41.4 Å². The maximum absolute atomic E-state index is 11.7. The predicted molar refractivity (Wildman–Crippen MR) is 107 cm³/mol. The Labute approximate surface area is 162 Å². The van der Waals surface area contributed by atoms with E-state index in [9.17, 15) is 9.59 Å². The molecule has 5 fully saturated rings. The van der Waals surface area contributed by atoms with Gasteiger partial charge in [-0.1, -0.05) is 0 Å². The molecule has 1 heterocycles. The van der Waals surface area contributed by atoms with Gasteiger partial charge in [-0.05, 0) is 0 Å². The van der Waals surface area contributed by atoms with Crippen molar-refractivity contribution in [1.29, 1.82) is 0 Å². The van der Waals surface area contributed by atoms with Crippen LogP contribution in [0.2, 0.25) is 0 Å². The summed E-state index contributed by atoms with van der Waals surface area (Å²) in [6, 6.07) is 0. The SMILES string of the molecule is C=CC(=O)OCI1CC2CC1C1C2CC2C3CC(OC(=O)C=C)C(C3)C21. The Kier molecular flexibility index (Phi) is 4.22. The van der Waals surface area contributed by atoms with Crippen molar-refractivity contribution in [3.63, 3.8) is 0 Å². The van der Waals surface area contributed by atoms with Gasteiger partial charge < -0.3 is 0 Å². The molecule has 0 N–H and O–H groups in total. The van der Waals surface area contributed by atoms with Crippen LogP contribution < -0.4 is 0 Å². The van der Waals surface area contributed by atoms with Crippen LogP contribution in [0.3, 0.4) is 0 Å². The van der Waals surface area contributed by atoms with Crippen LogP contribution in [-0.4, -0.2) is 31.0 Å². The molecule has 4 saturated carbocycles. The first-order valence-electron chi connectivity index (χ1n) is 9.83. The van der Waals surface area contributed by atoms with E-state index in [-0.39, 0.29) is 18.0 Å². The number of rotatable bonds is 5. The molecule has 9 unspecified atom stereocenters. The number of esters is 2. The van der Waals surface area contributed by atoms with Crippen LogP contribution in [0.4, 0.5) is 0 Å². The van der Waals surface area contributed by atoms with E-state index in [4.69, 9.17) is 9.47 Å². The van der Waals surface area contributed by atoms with Gasteiger partial charge in [-0.15, -0.1) is 0 Å². The van der Waals surface area contributed by atoms with Crippen LogP contribution >= 0.6 is 19.8 Å². The molecular weight excluding hydrogens is 443 g/mol. The first-order valence-corrected chi connectivity index (χ1v) is 14.1. The molecule has 1 saturated heterocycles. The quantitative estimate of drug-likeness (QED) is 0.267. The summed E-state index contributed by atoms with van der Waals surface area (Å²) < 4.78 is 14.1. The zero-order chi connectivity index (χ0) is 18.0. The Morgan fingerprint density at radius 1 is 0.923 bits per heavy atom. The minimum atomic E-state index is -1.23. The van der Waals surface area contributed by atoms with E-state index >= 15 is 0 Å². The average molecular weight is 470 g/mol. The molecule has 5 heteroatoms. The van der Waals surface area contributed by atoms with E-state index in [1.165, 1.54) is 35.8 Å².